The Morgan fingerprint density at radius 1 is 0.802 bits per heavy atom. The van der Waals surface area contributed by atoms with Crippen LogP contribution in [0.2, 0.25) is 18.1 Å². The Labute approximate surface area is 504 Å². The second-order valence-electron chi connectivity index (χ2n) is 25.5. The van der Waals surface area contributed by atoms with Crippen LogP contribution in [-0.4, -0.2) is 170 Å². The maximum Gasteiger partial charge on any atom is 0.413 e. The van der Waals surface area contributed by atoms with Crippen LogP contribution >= 0.6 is 0 Å². The third-order valence-corrected chi connectivity index (χ3v) is 25.0. The first-order valence-electron chi connectivity index (χ1n) is 30.5. The number of esters is 3. The van der Waals surface area contributed by atoms with Crippen molar-refractivity contribution in [3.8, 4) is 0 Å². The molecule has 4 heterocycles. The van der Waals surface area contributed by atoms with Gasteiger partial charge < -0.3 is 52.3 Å². The number of Topliss-reactive ketones (excluding diaryl/α,β-unsaturated/α-hetero) is 1. The average molecular weight is 1210 g/mol. The lowest BCUT2D eigenvalue weighted by atomic mass is 9.44. The molecule has 21 heteroatoms. The molecule has 10 rings (SSSR count). The van der Waals surface area contributed by atoms with Crippen LogP contribution < -0.4 is 0 Å². The van der Waals surface area contributed by atoms with Crippen LogP contribution in [-0.2, 0) is 63.3 Å². The number of hydrogen-bond acceptors (Lipinski definition) is 17. The fourth-order valence-electron chi connectivity index (χ4n) is 15.3. The van der Waals surface area contributed by atoms with Gasteiger partial charge in [0.1, 0.15) is 48.1 Å². The van der Waals surface area contributed by atoms with Crippen molar-refractivity contribution in [2.75, 3.05) is 46.0 Å². The molecule has 19 nitrogen and oxygen atoms in total. The highest BCUT2D eigenvalue weighted by atomic mass is 28.4. The Morgan fingerprint density at radius 3 is 2.03 bits per heavy atom. The third kappa shape index (κ3) is 11.1. The number of ketones is 1. The molecule has 0 spiro atoms. The second-order valence-corrected chi connectivity index (χ2v) is 30.2. The summed E-state index contributed by atoms with van der Waals surface area (Å²) in [5, 5.41) is 14.7. The number of benzene rings is 3. The molecule has 1 unspecified atom stereocenters. The van der Waals surface area contributed by atoms with Crippen LogP contribution in [0, 0.1) is 22.6 Å². The smallest absolute Gasteiger partial charge is 0.413 e. The van der Waals surface area contributed by atoms with Gasteiger partial charge in [-0.05, 0) is 93.6 Å². The zero-order valence-corrected chi connectivity index (χ0v) is 52.2. The summed E-state index contributed by atoms with van der Waals surface area (Å²) in [4.78, 5) is 96.4. The fourth-order valence-corrected chi connectivity index (χ4v) is 18.2. The van der Waals surface area contributed by atoms with Gasteiger partial charge in [0.2, 0.25) is 0 Å². The number of halogens is 1. The molecule has 2 amide bonds. The number of fused-ring (bicyclic) bond motifs is 5. The zero-order chi connectivity index (χ0) is 61.7. The fraction of sp³-hybridized carbons (Fsp3) is 0.600. The highest BCUT2D eigenvalue weighted by molar-refractivity contribution is 6.73. The number of morpholine rings is 1. The van der Waals surface area contributed by atoms with E-state index in [-0.39, 0.29) is 47.9 Å². The van der Waals surface area contributed by atoms with E-state index >= 15 is 23.6 Å². The Balaban J connectivity index is 1.14. The molecule has 3 aromatic carbocycles. The summed E-state index contributed by atoms with van der Waals surface area (Å²) in [6.45, 7) is 20.1. The Kier molecular flexibility index (Phi) is 17.9. The maximum absolute atomic E-state index is 17.2. The van der Waals surface area contributed by atoms with E-state index in [1.54, 1.807) is 107 Å². The van der Waals surface area contributed by atoms with E-state index in [1.165, 1.54) is 25.1 Å². The van der Waals surface area contributed by atoms with Crippen molar-refractivity contribution in [2.45, 2.75) is 185 Å². The van der Waals surface area contributed by atoms with Crippen molar-refractivity contribution in [3.63, 3.8) is 0 Å². The topological polar surface area (TPSA) is 215 Å². The molecule has 3 aliphatic carbocycles. The van der Waals surface area contributed by atoms with E-state index in [2.05, 4.69) is 25.7 Å². The Morgan fingerprint density at radius 2 is 1.43 bits per heavy atom. The van der Waals surface area contributed by atoms with Gasteiger partial charge in [-0.1, -0.05) is 101 Å². The van der Waals surface area contributed by atoms with Gasteiger partial charge in [-0.2, -0.15) is 0 Å². The summed E-state index contributed by atoms with van der Waals surface area (Å²) in [5.41, 5.74) is -8.45. The van der Waals surface area contributed by atoms with Crippen LogP contribution in [0.15, 0.2) is 96.1 Å². The highest BCUT2D eigenvalue weighted by Gasteiger charge is 2.79. The van der Waals surface area contributed by atoms with Gasteiger partial charge in [-0.15, -0.1) is 0 Å². The SMILES string of the molecule is CC[Si](CC)(CC)O[C@H]1C[C@H]2OC[C@@]2(OC(C)=O)C2[C@H](OC(=O)c3ccccc3)[C@]3(O)C[C@H](OC(=O)[C@@H]4OC(C)(C)N(C(=O)OCc5ccccc5)[C@H]4c4ccccc4F)C(C)=C([C@@H](OC(=O)N4CCC(N5CCOCC5)CC4)C(=O)[C@@]21C)C3(C)C. The summed E-state index contributed by atoms with van der Waals surface area (Å²) in [5.74, 6) is -5.61. The van der Waals surface area contributed by atoms with E-state index in [4.69, 9.17) is 42.3 Å². The van der Waals surface area contributed by atoms with E-state index in [0.717, 1.165) is 18.0 Å². The Bertz CT molecular complexity index is 3050. The largest absolute Gasteiger partial charge is 0.456 e. The number of amides is 2. The lowest BCUT2D eigenvalue weighted by Crippen LogP contribution is -2.82. The van der Waals surface area contributed by atoms with Crippen molar-refractivity contribution in [1.29, 1.82) is 0 Å². The molecular weight excluding hydrogens is 1130 g/mol. The molecule has 86 heavy (non-hydrogen) atoms. The lowest BCUT2D eigenvalue weighted by Gasteiger charge is -2.68. The summed E-state index contributed by atoms with van der Waals surface area (Å²) in [6.07, 6.45) is -9.81. The van der Waals surface area contributed by atoms with Crippen LogP contribution in [0.4, 0.5) is 14.0 Å². The van der Waals surface area contributed by atoms with Crippen molar-refractivity contribution in [2.24, 2.45) is 16.7 Å². The monoisotopic (exact) mass is 1210 g/mol. The predicted octanol–water partition coefficient (Wildman–Crippen LogP) is 9.26. The Hall–Kier alpha value is -6.07. The summed E-state index contributed by atoms with van der Waals surface area (Å²) >= 11 is 0. The zero-order valence-electron chi connectivity index (χ0n) is 51.2. The predicted molar refractivity (Wildman–Crippen MR) is 313 cm³/mol. The molecule has 466 valence electrons. The van der Waals surface area contributed by atoms with Crippen LogP contribution in [0.1, 0.15) is 122 Å². The molecule has 7 aliphatic rings. The first kappa shape index (κ1) is 63.0. The standard InChI is InChI=1S/C65H84FN3O16Si/c1-11-86(12-2,13-3)85-48-36-49-64(39-79-49,83-41(5)70)54-56(82-57(72)43-24-18-15-19-25-43)65(76)37-47(80-58(73)53-51(45-26-20-21-27-46(45)66)69(62(8,9)84-53)60(75)78-38-42-22-16-14-17-23-42)40(4)50(61(65,6)7)52(55(71)63(48,54)10)81-59(74)68-30-28-44(29-31-68)67-32-34-77-35-33-67/h14-27,44,47-49,51-54,56,76H,11-13,28-39H2,1-10H3/t47-,48-,49+,51-,52+,53+,54?,56-,63+,64-,65+/m0/s1. The minimum Gasteiger partial charge on any atom is -0.456 e. The van der Waals surface area contributed by atoms with Gasteiger partial charge >= 0.3 is 30.1 Å². The van der Waals surface area contributed by atoms with Gasteiger partial charge in [0.25, 0.3) is 0 Å². The van der Waals surface area contributed by atoms with Crippen LogP contribution in [0.5, 0.6) is 0 Å². The molecule has 6 fully saturated rings. The van der Waals surface area contributed by atoms with E-state index < -0.39 is 133 Å². The second kappa shape index (κ2) is 24.5. The minimum atomic E-state index is -2.74. The quantitative estimate of drug-likeness (QED) is 0.0649. The maximum atomic E-state index is 17.2. The lowest BCUT2D eigenvalue weighted by molar-refractivity contribution is -0.344. The normalized spacial score (nSPS) is 31.7. The van der Waals surface area contributed by atoms with E-state index in [1.807, 2.05) is 6.07 Å². The molecule has 4 aliphatic heterocycles. The number of ether oxygens (including phenoxy) is 8. The summed E-state index contributed by atoms with van der Waals surface area (Å²) < 4.78 is 75.0. The number of carbonyl (C=O) groups is 6. The highest BCUT2D eigenvalue weighted by Crippen LogP contribution is 2.65. The number of piperidine rings is 1. The average Bonchev–Trinajstić information content (AvgIpc) is 0.804. The van der Waals surface area contributed by atoms with Gasteiger partial charge in [0.15, 0.2) is 31.9 Å². The first-order valence-corrected chi connectivity index (χ1v) is 33.1. The number of carbonyl (C=O) groups excluding carboxylic acids is 6. The van der Waals surface area contributed by atoms with Crippen molar-refractivity contribution < 1.29 is 80.6 Å². The van der Waals surface area contributed by atoms with Crippen molar-refractivity contribution in [1.82, 2.24) is 14.7 Å². The number of aliphatic hydroxyl groups is 1. The molecule has 0 radical (unpaired) electrons. The van der Waals surface area contributed by atoms with Crippen LogP contribution in [0.25, 0.3) is 0 Å². The molecule has 4 saturated heterocycles. The molecule has 3 aromatic rings. The molecule has 1 N–H and O–H groups in total. The van der Waals surface area contributed by atoms with E-state index in [9.17, 15) is 14.7 Å². The molecular formula is C65H84FN3O16Si. The minimum absolute atomic E-state index is 0.0493. The van der Waals surface area contributed by atoms with Gasteiger partial charge in [-0.3, -0.25) is 19.4 Å². The van der Waals surface area contributed by atoms with Gasteiger partial charge in [0.05, 0.1) is 42.8 Å². The van der Waals surface area contributed by atoms with Crippen LogP contribution in [0.3, 0.4) is 0 Å². The van der Waals surface area contributed by atoms with Gasteiger partial charge in [-0.25, -0.2) is 23.6 Å². The van der Waals surface area contributed by atoms with Gasteiger partial charge in [0, 0.05) is 63.0 Å². The summed E-state index contributed by atoms with van der Waals surface area (Å²) in [6, 6.07) is 23.5. The number of nitrogens with zero attached hydrogens (tertiary/aromatic N) is 3. The third-order valence-electron chi connectivity index (χ3n) is 20.4. The first-order chi connectivity index (χ1) is 40.9. The van der Waals surface area contributed by atoms with Crippen molar-refractivity contribution >= 4 is 44.2 Å². The number of likely N-dealkylation sites (tertiary alicyclic amines) is 1. The molecule has 11 atom stereocenters. The van der Waals surface area contributed by atoms with Crippen molar-refractivity contribution in [3.05, 3.63) is 119 Å². The number of rotatable bonds is 15. The molecule has 2 saturated carbocycles. The summed E-state index contributed by atoms with van der Waals surface area (Å²) in [7, 11) is -2.74. The molecule has 0 aromatic heterocycles. The molecule has 2 bridgehead atoms. The van der Waals surface area contributed by atoms with E-state index in [0.29, 0.717) is 62.8 Å². The number of hydrogen-bond donors (Lipinski definition) is 1.